The molecule has 0 spiro atoms. The van der Waals surface area contributed by atoms with Crippen LogP contribution in [0.4, 0.5) is 4.79 Å². The quantitative estimate of drug-likeness (QED) is 0.740. The molecule has 0 aromatic carbocycles. The zero-order valence-electron chi connectivity index (χ0n) is 11.4. The summed E-state index contributed by atoms with van der Waals surface area (Å²) >= 11 is 0. The average Bonchev–Trinajstić information content (AvgIpc) is 2.67. The topological polar surface area (TPSA) is 117 Å². The normalized spacial score (nSPS) is 12.8. The third-order valence-corrected chi connectivity index (χ3v) is 2.36. The van der Waals surface area contributed by atoms with Gasteiger partial charge >= 0.3 is 12.0 Å². The first kappa shape index (κ1) is 14.9. The number of nitrogens with one attached hydrogen (secondary N) is 2. The number of aryl methyl sites for hydroxylation is 1. The molecule has 19 heavy (non-hydrogen) atoms. The number of urea groups is 1. The van der Waals surface area contributed by atoms with Gasteiger partial charge in [-0.25, -0.2) is 9.59 Å². The Bertz CT molecular complexity index is 464. The molecule has 0 saturated heterocycles. The number of carbonyl (C=O) groups is 2. The zero-order valence-corrected chi connectivity index (χ0v) is 11.4. The van der Waals surface area contributed by atoms with Crippen molar-refractivity contribution in [3.05, 3.63) is 11.7 Å². The summed E-state index contributed by atoms with van der Waals surface area (Å²) in [5.74, 6) is -0.359. The standard InChI is InChI=1S/C11H18N4O4/c1-6-13-7(19-15-6)5-12-10(18)14-8(9(16)17)11(2,3)4/h8H,5H2,1-4H3,(H,16,17)(H2,12,14,18). The predicted octanol–water partition coefficient (Wildman–Crippen LogP) is 0.677. The molecule has 8 nitrogen and oxygen atoms in total. The Kier molecular flexibility index (Phi) is 4.47. The molecule has 1 heterocycles. The molecular weight excluding hydrogens is 252 g/mol. The number of hydrogen-bond acceptors (Lipinski definition) is 5. The number of nitrogens with zero attached hydrogens (tertiary/aromatic N) is 2. The maximum atomic E-state index is 11.6. The molecule has 1 rings (SSSR count). The lowest BCUT2D eigenvalue weighted by molar-refractivity contribution is -0.141. The second kappa shape index (κ2) is 5.68. The molecule has 2 amide bonds. The summed E-state index contributed by atoms with van der Waals surface area (Å²) in [6.45, 7) is 6.89. The van der Waals surface area contributed by atoms with Gasteiger partial charge in [-0.05, 0) is 12.3 Å². The van der Waals surface area contributed by atoms with Crippen LogP contribution in [0.5, 0.6) is 0 Å². The van der Waals surface area contributed by atoms with E-state index in [9.17, 15) is 9.59 Å². The first-order chi connectivity index (χ1) is 8.70. The number of amides is 2. The molecule has 0 fully saturated rings. The van der Waals surface area contributed by atoms with Gasteiger partial charge in [0, 0.05) is 0 Å². The lowest BCUT2D eigenvalue weighted by Crippen LogP contribution is -2.52. The second-order valence-corrected chi connectivity index (χ2v) is 5.20. The summed E-state index contributed by atoms with van der Waals surface area (Å²) in [4.78, 5) is 26.6. The van der Waals surface area contributed by atoms with Crippen molar-refractivity contribution in [2.24, 2.45) is 5.41 Å². The molecule has 0 saturated carbocycles. The number of hydrogen-bond donors (Lipinski definition) is 3. The summed E-state index contributed by atoms with van der Waals surface area (Å²) in [6.07, 6.45) is 0. The lowest BCUT2D eigenvalue weighted by Gasteiger charge is -2.27. The van der Waals surface area contributed by atoms with Crippen LogP contribution in [0.15, 0.2) is 4.52 Å². The smallest absolute Gasteiger partial charge is 0.326 e. The van der Waals surface area contributed by atoms with E-state index >= 15 is 0 Å². The van der Waals surface area contributed by atoms with Gasteiger partial charge < -0.3 is 20.3 Å². The fraction of sp³-hybridized carbons (Fsp3) is 0.636. The third kappa shape index (κ3) is 4.57. The molecule has 1 aromatic rings. The Hall–Kier alpha value is -2.12. The lowest BCUT2D eigenvalue weighted by atomic mass is 9.87. The van der Waals surface area contributed by atoms with Crippen LogP contribution in [-0.2, 0) is 11.3 Å². The van der Waals surface area contributed by atoms with Crippen LogP contribution in [-0.4, -0.2) is 33.3 Å². The van der Waals surface area contributed by atoms with Crippen LogP contribution in [0.2, 0.25) is 0 Å². The van der Waals surface area contributed by atoms with Crippen molar-refractivity contribution in [1.82, 2.24) is 20.8 Å². The van der Waals surface area contributed by atoms with E-state index in [1.807, 2.05) is 0 Å². The van der Waals surface area contributed by atoms with E-state index in [-0.39, 0.29) is 12.4 Å². The van der Waals surface area contributed by atoms with Gasteiger partial charge in [0.25, 0.3) is 0 Å². The minimum Gasteiger partial charge on any atom is -0.480 e. The van der Waals surface area contributed by atoms with E-state index in [4.69, 9.17) is 9.63 Å². The van der Waals surface area contributed by atoms with Crippen molar-refractivity contribution in [2.75, 3.05) is 0 Å². The van der Waals surface area contributed by atoms with Gasteiger partial charge in [0.1, 0.15) is 6.04 Å². The summed E-state index contributed by atoms with van der Waals surface area (Å²) in [6, 6.07) is -1.59. The SMILES string of the molecule is Cc1noc(CNC(=O)NC(C(=O)O)C(C)(C)C)n1. The van der Waals surface area contributed by atoms with E-state index in [1.54, 1.807) is 27.7 Å². The fourth-order valence-corrected chi connectivity index (χ4v) is 1.40. The van der Waals surface area contributed by atoms with Crippen LogP contribution in [0.1, 0.15) is 32.5 Å². The molecular formula is C11H18N4O4. The fourth-order valence-electron chi connectivity index (χ4n) is 1.40. The Morgan fingerprint density at radius 1 is 1.42 bits per heavy atom. The average molecular weight is 270 g/mol. The largest absolute Gasteiger partial charge is 0.480 e. The number of carbonyl (C=O) groups excluding carboxylic acids is 1. The van der Waals surface area contributed by atoms with Crippen LogP contribution in [0.3, 0.4) is 0 Å². The Morgan fingerprint density at radius 3 is 2.47 bits per heavy atom. The minimum atomic E-state index is -1.09. The van der Waals surface area contributed by atoms with Crippen LogP contribution >= 0.6 is 0 Å². The summed E-state index contributed by atoms with van der Waals surface area (Å²) in [5.41, 5.74) is -0.593. The Morgan fingerprint density at radius 2 is 2.05 bits per heavy atom. The predicted molar refractivity (Wildman–Crippen MR) is 65.3 cm³/mol. The number of carboxylic acids is 1. The van der Waals surface area contributed by atoms with Crippen molar-refractivity contribution in [1.29, 1.82) is 0 Å². The zero-order chi connectivity index (χ0) is 14.6. The van der Waals surface area contributed by atoms with Crippen LogP contribution < -0.4 is 10.6 Å². The van der Waals surface area contributed by atoms with E-state index in [0.717, 1.165) is 0 Å². The van der Waals surface area contributed by atoms with E-state index in [1.165, 1.54) is 0 Å². The van der Waals surface area contributed by atoms with Gasteiger partial charge in [-0.1, -0.05) is 25.9 Å². The van der Waals surface area contributed by atoms with E-state index in [0.29, 0.717) is 5.82 Å². The monoisotopic (exact) mass is 270 g/mol. The van der Waals surface area contributed by atoms with Crippen molar-refractivity contribution < 1.29 is 19.2 Å². The highest BCUT2D eigenvalue weighted by molar-refractivity contribution is 5.83. The Labute approximate surface area is 110 Å². The summed E-state index contributed by atoms with van der Waals surface area (Å²) in [7, 11) is 0. The molecule has 1 atom stereocenters. The molecule has 8 heteroatoms. The summed E-state index contributed by atoms with van der Waals surface area (Å²) < 4.78 is 4.81. The molecule has 0 bridgehead atoms. The summed E-state index contributed by atoms with van der Waals surface area (Å²) in [5, 5.41) is 17.5. The molecule has 106 valence electrons. The highest BCUT2D eigenvalue weighted by Crippen LogP contribution is 2.19. The van der Waals surface area contributed by atoms with Gasteiger partial charge in [-0.15, -0.1) is 0 Å². The van der Waals surface area contributed by atoms with Crippen molar-refractivity contribution in [2.45, 2.75) is 40.3 Å². The molecule has 0 aliphatic rings. The van der Waals surface area contributed by atoms with Crippen LogP contribution in [0.25, 0.3) is 0 Å². The van der Waals surface area contributed by atoms with Crippen LogP contribution in [0, 0.1) is 12.3 Å². The third-order valence-electron chi connectivity index (χ3n) is 2.36. The first-order valence-corrected chi connectivity index (χ1v) is 5.76. The highest BCUT2D eigenvalue weighted by Gasteiger charge is 2.32. The Balaban J connectivity index is 2.52. The number of aliphatic carboxylic acids is 1. The van der Waals surface area contributed by atoms with Gasteiger partial charge in [-0.2, -0.15) is 4.98 Å². The highest BCUT2D eigenvalue weighted by atomic mass is 16.5. The molecule has 3 N–H and O–H groups in total. The molecule has 1 unspecified atom stereocenters. The van der Waals surface area contributed by atoms with Crippen molar-refractivity contribution >= 4 is 12.0 Å². The van der Waals surface area contributed by atoms with Gasteiger partial charge in [-0.3, -0.25) is 0 Å². The van der Waals surface area contributed by atoms with Crippen molar-refractivity contribution in [3.8, 4) is 0 Å². The molecule has 1 aromatic heterocycles. The van der Waals surface area contributed by atoms with Crippen molar-refractivity contribution in [3.63, 3.8) is 0 Å². The number of carboxylic acid groups (broad SMARTS) is 1. The second-order valence-electron chi connectivity index (χ2n) is 5.20. The van der Waals surface area contributed by atoms with Gasteiger partial charge in [0.05, 0.1) is 6.54 Å². The number of aromatic nitrogens is 2. The minimum absolute atomic E-state index is 0.0448. The maximum Gasteiger partial charge on any atom is 0.326 e. The molecule has 0 radical (unpaired) electrons. The molecule has 0 aliphatic carbocycles. The molecule has 0 aliphatic heterocycles. The maximum absolute atomic E-state index is 11.6. The van der Waals surface area contributed by atoms with Gasteiger partial charge in [0.15, 0.2) is 5.82 Å². The van der Waals surface area contributed by atoms with E-state index < -0.39 is 23.5 Å². The van der Waals surface area contributed by atoms with E-state index in [2.05, 4.69) is 20.8 Å². The number of rotatable bonds is 4. The first-order valence-electron chi connectivity index (χ1n) is 5.76. The van der Waals surface area contributed by atoms with Gasteiger partial charge in [0.2, 0.25) is 5.89 Å².